The first-order chi connectivity index (χ1) is 5.25. The maximum Gasteiger partial charge on any atom is 0.150 e. The van der Waals surface area contributed by atoms with Crippen molar-refractivity contribution in [1.82, 2.24) is 0 Å². The van der Waals surface area contributed by atoms with Gasteiger partial charge in [-0.05, 0) is 12.5 Å². The van der Waals surface area contributed by atoms with E-state index >= 15 is 0 Å². The summed E-state index contributed by atoms with van der Waals surface area (Å²) in [5.41, 5.74) is 7.32. The molecule has 0 radical (unpaired) electrons. The Hall–Kier alpha value is -1.53. The van der Waals surface area contributed by atoms with E-state index in [2.05, 4.69) is 0 Å². The zero-order valence-corrected chi connectivity index (χ0v) is 6.29. The van der Waals surface area contributed by atoms with Crippen LogP contribution in [0, 0.1) is 6.92 Å². The van der Waals surface area contributed by atoms with E-state index in [4.69, 9.17) is 5.73 Å². The molecule has 0 unspecified atom stereocenters. The highest BCUT2D eigenvalue weighted by molar-refractivity contribution is 5.86. The molecule has 2 heteroatoms. The molecule has 1 aromatic rings. The van der Waals surface area contributed by atoms with Crippen LogP contribution in [0.15, 0.2) is 24.3 Å². The SMILES string of the molecule is Cc1ccccc1C(N)=C=O. The molecule has 0 saturated carbocycles. The van der Waals surface area contributed by atoms with E-state index in [0.717, 1.165) is 11.1 Å². The summed E-state index contributed by atoms with van der Waals surface area (Å²) < 4.78 is 0. The second-order valence-electron chi connectivity index (χ2n) is 2.33. The molecule has 0 spiro atoms. The van der Waals surface area contributed by atoms with Crippen LogP contribution in [0.5, 0.6) is 0 Å². The summed E-state index contributed by atoms with van der Waals surface area (Å²) in [4.78, 5) is 10.2. The highest BCUT2D eigenvalue weighted by atomic mass is 16.1. The van der Waals surface area contributed by atoms with Crippen LogP contribution in [-0.2, 0) is 4.79 Å². The molecule has 0 aliphatic heterocycles. The lowest BCUT2D eigenvalue weighted by Crippen LogP contribution is -1.98. The van der Waals surface area contributed by atoms with Crippen molar-refractivity contribution in [2.45, 2.75) is 6.92 Å². The van der Waals surface area contributed by atoms with Gasteiger partial charge in [0, 0.05) is 5.56 Å². The Labute approximate surface area is 65.3 Å². The number of benzene rings is 1. The van der Waals surface area contributed by atoms with E-state index in [1.54, 1.807) is 12.0 Å². The Kier molecular flexibility index (Phi) is 2.09. The van der Waals surface area contributed by atoms with E-state index in [1.807, 2.05) is 25.1 Å². The Morgan fingerprint density at radius 1 is 1.45 bits per heavy atom. The maximum atomic E-state index is 10.2. The van der Waals surface area contributed by atoms with Crippen molar-refractivity contribution in [1.29, 1.82) is 0 Å². The number of rotatable bonds is 1. The fraction of sp³-hybridized carbons (Fsp3) is 0.111. The van der Waals surface area contributed by atoms with Gasteiger partial charge in [0.25, 0.3) is 0 Å². The van der Waals surface area contributed by atoms with Gasteiger partial charge in [0.2, 0.25) is 0 Å². The van der Waals surface area contributed by atoms with Gasteiger partial charge < -0.3 is 5.73 Å². The summed E-state index contributed by atoms with van der Waals surface area (Å²) in [5.74, 6) is 1.67. The number of hydrogen-bond acceptors (Lipinski definition) is 2. The van der Waals surface area contributed by atoms with Crippen molar-refractivity contribution in [3.8, 4) is 0 Å². The third-order valence-corrected chi connectivity index (χ3v) is 1.55. The third kappa shape index (κ3) is 1.48. The standard InChI is InChI=1S/C9H9NO/c1-7-4-2-3-5-8(7)9(10)6-11/h2-5H,10H2,1H3. The third-order valence-electron chi connectivity index (χ3n) is 1.55. The summed E-state index contributed by atoms with van der Waals surface area (Å²) in [5, 5.41) is 0. The predicted octanol–water partition coefficient (Wildman–Crippen LogP) is 1.13. The molecule has 0 amide bonds. The van der Waals surface area contributed by atoms with Crippen LogP contribution in [-0.4, -0.2) is 5.94 Å². The number of hydrogen-bond donors (Lipinski definition) is 1. The zero-order chi connectivity index (χ0) is 8.27. The maximum absolute atomic E-state index is 10.2. The lowest BCUT2D eigenvalue weighted by atomic mass is 10.1. The molecular formula is C9H9NO. The molecule has 2 nitrogen and oxygen atoms in total. The average Bonchev–Trinajstić information content (AvgIpc) is 2.04. The van der Waals surface area contributed by atoms with Crippen molar-refractivity contribution >= 4 is 11.6 Å². The molecule has 56 valence electrons. The molecule has 0 bridgehead atoms. The van der Waals surface area contributed by atoms with Crippen LogP contribution in [0.1, 0.15) is 11.1 Å². The average molecular weight is 147 g/mol. The van der Waals surface area contributed by atoms with Gasteiger partial charge in [-0.3, -0.25) is 0 Å². The normalized spacial score (nSPS) is 8.82. The summed E-state index contributed by atoms with van der Waals surface area (Å²) in [6, 6.07) is 7.44. The van der Waals surface area contributed by atoms with Gasteiger partial charge in [0.1, 0.15) is 5.70 Å². The molecule has 0 aromatic heterocycles. The first-order valence-corrected chi connectivity index (χ1v) is 3.32. The van der Waals surface area contributed by atoms with Crippen LogP contribution in [0.25, 0.3) is 5.70 Å². The van der Waals surface area contributed by atoms with Gasteiger partial charge in [-0.1, -0.05) is 24.3 Å². The second-order valence-corrected chi connectivity index (χ2v) is 2.33. The summed E-state index contributed by atoms with van der Waals surface area (Å²) in [7, 11) is 0. The van der Waals surface area contributed by atoms with Crippen molar-refractivity contribution in [2.24, 2.45) is 5.73 Å². The monoisotopic (exact) mass is 147 g/mol. The number of nitrogens with two attached hydrogens (primary N) is 1. The van der Waals surface area contributed by atoms with E-state index in [9.17, 15) is 4.79 Å². The smallest absolute Gasteiger partial charge is 0.150 e. The van der Waals surface area contributed by atoms with Gasteiger partial charge >= 0.3 is 0 Å². The minimum Gasteiger partial charge on any atom is -0.389 e. The molecule has 2 N–H and O–H groups in total. The van der Waals surface area contributed by atoms with Crippen molar-refractivity contribution < 1.29 is 4.79 Å². The highest BCUT2D eigenvalue weighted by Crippen LogP contribution is 2.10. The van der Waals surface area contributed by atoms with Crippen molar-refractivity contribution in [2.75, 3.05) is 0 Å². The molecule has 0 aliphatic rings. The Bertz CT molecular complexity index is 311. The molecule has 0 heterocycles. The molecule has 0 atom stereocenters. The van der Waals surface area contributed by atoms with Crippen LogP contribution in [0.3, 0.4) is 0 Å². The van der Waals surface area contributed by atoms with Gasteiger partial charge in [-0.25, -0.2) is 4.79 Å². The number of aryl methyl sites for hydroxylation is 1. The fourth-order valence-corrected chi connectivity index (χ4v) is 0.930. The van der Waals surface area contributed by atoms with E-state index in [0.29, 0.717) is 0 Å². The summed E-state index contributed by atoms with van der Waals surface area (Å²) in [6.07, 6.45) is 0. The summed E-state index contributed by atoms with van der Waals surface area (Å²) >= 11 is 0. The Morgan fingerprint density at radius 3 is 2.64 bits per heavy atom. The van der Waals surface area contributed by atoms with Crippen LogP contribution in [0.2, 0.25) is 0 Å². The minimum atomic E-state index is 0.170. The van der Waals surface area contributed by atoms with Gasteiger partial charge in [0.05, 0.1) is 0 Å². The first kappa shape index (κ1) is 7.58. The summed E-state index contributed by atoms with van der Waals surface area (Å²) in [6.45, 7) is 1.90. The van der Waals surface area contributed by atoms with E-state index in [-0.39, 0.29) is 5.70 Å². The molecule has 1 rings (SSSR count). The van der Waals surface area contributed by atoms with Crippen molar-refractivity contribution in [3.05, 3.63) is 35.4 Å². The Balaban J connectivity index is 3.24. The molecule has 11 heavy (non-hydrogen) atoms. The topological polar surface area (TPSA) is 43.1 Å². The van der Waals surface area contributed by atoms with Crippen LogP contribution in [0.4, 0.5) is 0 Å². The minimum absolute atomic E-state index is 0.170. The zero-order valence-electron chi connectivity index (χ0n) is 6.29. The number of carbonyl (C=O) groups excluding carboxylic acids is 1. The Morgan fingerprint density at radius 2 is 2.09 bits per heavy atom. The molecular weight excluding hydrogens is 138 g/mol. The van der Waals surface area contributed by atoms with Gasteiger partial charge in [-0.15, -0.1) is 0 Å². The largest absolute Gasteiger partial charge is 0.389 e. The fourth-order valence-electron chi connectivity index (χ4n) is 0.930. The first-order valence-electron chi connectivity index (χ1n) is 3.32. The van der Waals surface area contributed by atoms with Crippen LogP contribution < -0.4 is 5.73 Å². The lowest BCUT2D eigenvalue weighted by Gasteiger charge is -2.00. The van der Waals surface area contributed by atoms with Gasteiger partial charge in [-0.2, -0.15) is 0 Å². The van der Waals surface area contributed by atoms with Crippen molar-refractivity contribution in [3.63, 3.8) is 0 Å². The van der Waals surface area contributed by atoms with Crippen LogP contribution >= 0.6 is 0 Å². The van der Waals surface area contributed by atoms with E-state index in [1.165, 1.54) is 0 Å². The molecule has 1 aromatic carbocycles. The second kappa shape index (κ2) is 3.04. The molecule has 0 fully saturated rings. The quantitative estimate of drug-likeness (QED) is 0.605. The molecule has 0 saturated heterocycles. The van der Waals surface area contributed by atoms with E-state index < -0.39 is 0 Å². The van der Waals surface area contributed by atoms with Gasteiger partial charge in [0.15, 0.2) is 5.94 Å². The lowest BCUT2D eigenvalue weighted by molar-refractivity contribution is 0.569. The molecule has 0 aliphatic carbocycles. The predicted molar refractivity (Wildman–Crippen MR) is 44.5 cm³/mol. The highest BCUT2D eigenvalue weighted by Gasteiger charge is 1.98.